The number of nitrogens with one attached hydrogen (secondary N) is 2. The van der Waals surface area contributed by atoms with Crippen molar-refractivity contribution in [2.24, 2.45) is 5.84 Å². The lowest BCUT2D eigenvalue weighted by Crippen LogP contribution is -2.48. The van der Waals surface area contributed by atoms with Gasteiger partial charge in [-0.1, -0.05) is 25.3 Å². The number of carbonyl (C=O) groups is 2. The van der Waals surface area contributed by atoms with Crippen LogP contribution in [0.25, 0.3) is 0 Å². The number of hydrogen-bond donors (Lipinski definition) is 3. The highest BCUT2D eigenvalue weighted by atomic mass is 16.2. The van der Waals surface area contributed by atoms with Crippen molar-refractivity contribution in [3.05, 3.63) is 23.9 Å². The van der Waals surface area contributed by atoms with Gasteiger partial charge in [0.15, 0.2) is 0 Å². The molecule has 2 aliphatic rings. The molecule has 1 aromatic heterocycles. The summed E-state index contributed by atoms with van der Waals surface area (Å²) in [5, 5.41) is 2.90. The van der Waals surface area contributed by atoms with E-state index in [1.165, 1.54) is 4.90 Å². The second-order valence-corrected chi connectivity index (χ2v) is 5.66. The van der Waals surface area contributed by atoms with Gasteiger partial charge in [-0.25, -0.2) is 15.6 Å². The molecular formula is C14H19N5O2. The van der Waals surface area contributed by atoms with Gasteiger partial charge in [0.05, 0.1) is 6.54 Å². The second kappa shape index (κ2) is 5.33. The minimum Gasteiger partial charge on any atom is -0.323 e. The topological polar surface area (TPSA) is 100 Å². The van der Waals surface area contributed by atoms with Gasteiger partial charge in [-0.15, -0.1) is 0 Å². The van der Waals surface area contributed by atoms with Gasteiger partial charge >= 0.3 is 6.03 Å². The summed E-state index contributed by atoms with van der Waals surface area (Å²) in [7, 11) is 0. The molecule has 1 aliphatic heterocycles. The number of nitrogen functional groups attached to an aromatic ring is 1. The van der Waals surface area contributed by atoms with E-state index in [2.05, 4.69) is 15.7 Å². The number of nitrogens with two attached hydrogens (primary N) is 1. The average Bonchev–Trinajstić information content (AvgIpc) is 2.73. The molecule has 4 N–H and O–H groups in total. The molecular weight excluding hydrogens is 270 g/mol. The predicted molar refractivity (Wildman–Crippen MR) is 76.9 cm³/mol. The Kier molecular flexibility index (Phi) is 3.50. The van der Waals surface area contributed by atoms with Crippen LogP contribution in [0.5, 0.6) is 0 Å². The number of amides is 3. The molecule has 112 valence electrons. The summed E-state index contributed by atoms with van der Waals surface area (Å²) in [5.41, 5.74) is 2.57. The normalized spacial score (nSPS) is 20.7. The van der Waals surface area contributed by atoms with E-state index >= 15 is 0 Å². The lowest BCUT2D eigenvalue weighted by atomic mass is 9.82. The lowest BCUT2D eigenvalue weighted by molar-refractivity contribution is -0.132. The Morgan fingerprint density at radius 3 is 2.67 bits per heavy atom. The van der Waals surface area contributed by atoms with Crippen molar-refractivity contribution in [1.82, 2.24) is 15.2 Å². The summed E-state index contributed by atoms with van der Waals surface area (Å²) >= 11 is 0. The Morgan fingerprint density at radius 1 is 1.29 bits per heavy atom. The third-order valence-corrected chi connectivity index (χ3v) is 4.27. The largest absolute Gasteiger partial charge is 0.325 e. The summed E-state index contributed by atoms with van der Waals surface area (Å²) in [4.78, 5) is 30.1. The Labute approximate surface area is 122 Å². The zero-order valence-corrected chi connectivity index (χ0v) is 11.8. The number of urea groups is 1. The van der Waals surface area contributed by atoms with Crippen molar-refractivity contribution in [2.45, 2.75) is 44.2 Å². The van der Waals surface area contributed by atoms with Crippen LogP contribution in [-0.2, 0) is 11.3 Å². The molecule has 2 heterocycles. The Morgan fingerprint density at radius 2 is 2.05 bits per heavy atom. The molecule has 1 aromatic rings. The van der Waals surface area contributed by atoms with E-state index in [-0.39, 0.29) is 18.5 Å². The molecule has 0 bridgehead atoms. The smallest absolute Gasteiger partial charge is 0.323 e. The number of hydrazine groups is 1. The van der Waals surface area contributed by atoms with E-state index in [1.807, 2.05) is 0 Å². The zero-order valence-electron chi connectivity index (χ0n) is 11.8. The van der Waals surface area contributed by atoms with Crippen molar-refractivity contribution < 1.29 is 9.59 Å². The van der Waals surface area contributed by atoms with Crippen molar-refractivity contribution in [2.75, 3.05) is 5.43 Å². The number of carbonyl (C=O) groups excluding carboxylic acids is 2. The summed E-state index contributed by atoms with van der Waals surface area (Å²) in [6.07, 6.45) is 6.19. The fourth-order valence-electron chi connectivity index (χ4n) is 3.10. The van der Waals surface area contributed by atoms with E-state index in [1.54, 1.807) is 18.3 Å². The van der Waals surface area contributed by atoms with E-state index < -0.39 is 5.54 Å². The maximum absolute atomic E-state index is 12.6. The molecule has 7 heteroatoms. The molecule has 7 nitrogen and oxygen atoms in total. The molecule has 1 saturated heterocycles. The summed E-state index contributed by atoms with van der Waals surface area (Å²) in [6.45, 7) is 0.240. The molecule has 1 spiro atoms. The number of pyridine rings is 1. The van der Waals surface area contributed by atoms with Gasteiger partial charge in [-0.3, -0.25) is 9.69 Å². The van der Waals surface area contributed by atoms with Crippen LogP contribution in [0.15, 0.2) is 18.3 Å². The standard InChI is InChI=1S/C14H19N5O2/c15-18-11-5-4-10(8-16-11)9-19-12(20)14(17-13(19)21)6-2-1-3-7-14/h4-5,8H,1-3,6-7,9,15H2,(H,16,18)(H,17,21). The molecule has 0 atom stereocenters. The number of anilines is 1. The summed E-state index contributed by atoms with van der Waals surface area (Å²) in [5.74, 6) is 5.70. The van der Waals surface area contributed by atoms with Gasteiger partial charge in [-0.2, -0.15) is 0 Å². The molecule has 1 saturated carbocycles. The quantitative estimate of drug-likeness (QED) is 0.440. The fourth-order valence-corrected chi connectivity index (χ4v) is 3.10. The number of hydrogen-bond acceptors (Lipinski definition) is 5. The van der Waals surface area contributed by atoms with Crippen LogP contribution in [0.2, 0.25) is 0 Å². The van der Waals surface area contributed by atoms with Gasteiger partial charge in [0, 0.05) is 6.20 Å². The highest BCUT2D eigenvalue weighted by Crippen LogP contribution is 2.34. The molecule has 2 fully saturated rings. The number of imide groups is 1. The van der Waals surface area contributed by atoms with E-state index in [4.69, 9.17) is 5.84 Å². The summed E-state index contributed by atoms with van der Waals surface area (Å²) in [6, 6.07) is 3.21. The molecule has 21 heavy (non-hydrogen) atoms. The van der Waals surface area contributed by atoms with Crippen LogP contribution in [0.3, 0.4) is 0 Å². The molecule has 0 unspecified atom stereocenters. The van der Waals surface area contributed by atoms with Gasteiger partial charge in [0.2, 0.25) is 0 Å². The van der Waals surface area contributed by atoms with E-state index in [9.17, 15) is 9.59 Å². The maximum atomic E-state index is 12.6. The van der Waals surface area contributed by atoms with Crippen LogP contribution in [0.1, 0.15) is 37.7 Å². The second-order valence-electron chi connectivity index (χ2n) is 5.66. The van der Waals surface area contributed by atoms with Crippen molar-refractivity contribution >= 4 is 17.8 Å². The van der Waals surface area contributed by atoms with E-state index in [0.717, 1.165) is 37.7 Å². The van der Waals surface area contributed by atoms with E-state index in [0.29, 0.717) is 5.82 Å². The highest BCUT2D eigenvalue weighted by molar-refractivity contribution is 6.07. The fraction of sp³-hybridized carbons (Fsp3) is 0.500. The summed E-state index contributed by atoms with van der Waals surface area (Å²) < 4.78 is 0. The van der Waals surface area contributed by atoms with Crippen molar-refractivity contribution in [3.8, 4) is 0 Å². The highest BCUT2D eigenvalue weighted by Gasteiger charge is 2.51. The Hall–Kier alpha value is -2.15. The zero-order chi connectivity index (χ0) is 14.9. The number of aromatic nitrogens is 1. The molecule has 1 aliphatic carbocycles. The first-order chi connectivity index (χ1) is 10.1. The third-order valence-electron chi connectivity index (χ3n) is 4.27. The number of rotatable bonds is 3. The first-order valence-electron chi connectivity index (χ1n) is 7.20. The first kappa shape index (κ1) is 13.8. The van der Waals surface area contributed by atoms with Crippen LogP contribution < -0.4 is 16.6 Å². The minimum absolute atomic E-state index is 0.103. The van der Waals surface area contributed by atoms with Gasteiger partial charge in [0.25, 0.3) is 5.91 Å². The number of nitrogens with zero attached hydrogens (tertiary/aromatic N) is 2. The molecule has 0 aromatic carbocycles. The monoisotopic (exact) mass is 289 g/mol. The predicted octanol–water partition coefficient (Wildman–Crippen LogP) is 1.12. The maximum Gasteiger partial charge on any atom is 0.325 e. The van der Waals surface area contributed by atoms with Gasteiger partial charge < -0.3 is 10.7 Å². The van der Waals surface area contributed by atoms with Crippen molar-refractivity contribution in [3.63, 3.8) is 0 Å². The minimum atomic E-state index is -0.665. The molecule has 3 rings (SSSR count). The van der Waals surface area contributed by atoms with Crippen LogP contribution in [0.4, 0.5) is 10.6 Å². The third kappa shape index (κ3) is 2.44. The van der Waals surface area contributed by atoms with Crippen LogP contribution >= 0.6 is 0 Å². The molecule has 3 amide bonds. The van der Waals surface area contributed by atoms with Gasteiger partial charge in [-0.05, 0) is 24.5 Å². The lowest BCUT2D eigenvalue weighted by Gasteiger charge is -2.30. The Balaban J connectivity index is 1.75. The first-order valence-corrected chi connectivity index (χ1v) is 7.20. The van der Waals surface area contributed by atoms with Crippen molar-refractivity contribution in [1.29, 1.82) is 0 Å². The molecule has 0 radical (unpaired) electrons. The van der Waals surface area contributed by atoms with Crippen LogP contribution in [0, 0.1) is 0 Å². The average molecular weight is 289 g/mol. The SMILES string of the molecule is NNc1ccc(CN2C(=O)NC3(CCCCC3)C2=O)cn1. The van der Waals surface area contributed by atoms with Gasteiger partial charge in [0.1, 0.15) is 11.4 Å². The van der Waals surface area contributed by atoms with Crippen LogP contribution in [-0.4, -0.2) is 27.4 Å². The Bertz CT molecular complexity index is 551.